The lowest BCUT2D eigenvalue weighted by Crippen LogP contribution is -3.14. The van der Waals surface area contributed by atoms with Crippen LogP contribution in [0.4, 0.5) is 0 Å². The summed E-state index contributed by atoms with van der Waals surface area (Å²) in [6, 6.07) is 6.95. The molecule has 1 N–H and O–H groups in total. The van der Waals surface area contributed by atoms with E-state index in [9.17, 15) is 13.2 Å². The zero-order chi connectivity index (χ0) is 19.6. The van der Waals surface area contributed by atoms with Gasteiger partial charge in [0.05, 0.1) is 18.0 Å². The number of nitrogens with one attached hydrogen (secondary N) is 1. The van der Waals surface area contributed by atoms with Gasteiger partial charge in [-0.05, 0) is 44.2 Å². The third kappa shape index (κ3) is 4.36. The highest BCUT2D eigenvalue weighted by atomic mass is 32.2. The molecule has 0 spiro atoms. The zero-order valence-electron chi connectivity index (χ0n) is 16.6. The van der Waals surface area contributed by atoms with E-state index in [-0.39, 0.29) is 11.8 Å². The monoisotopic (exact) mass is 394 g/mol. The molecule has 0 aromatic heterocycles. The summed E-state index contributed by atoms with van der Waals surface area (Å²) in [6.45, 7) is 9.30. The Morgan fingerprint density at radius 2 is 1.74 bits per heavy atom. The van der Waals surface area contributed by atoms with Crippen LogP contribution in [0.1, 0.15) is 38.7 Å². The maximum atomic E-state index is 13.2. The molecule has 1 amide bonds. The van der Waals surface area contributed by atoms with Gasteiger partial charge in [0.15, 0.2) is 6.54 Å². The summed E-state index contributed by atoms with van der Waals surface area (Å²) in [5.74, 6) is 0.111. The van der Waals surface area contributed by atoms with Crippen LogP contribution in [0.3, 0.4) is 0 Å². The van der Waals surface area contributed by atoms with E-state index >= 15 is 0 Å². The van der Waals surface area contributed by atoms with E-state index in [1.165, 1.54) is 28.5 Å². The molecule has 2 fully saturated rings. The summed E-state index contributed by atoms with van der Waals surface area (Å²) in [7, 11) is -3.62. The SMILES string of the molecule is Cc1ccc(S(=O)(=O)N2CCN(C(=O)C[NH+]3CCCCC3)[C@H]2C(C)C)cc1. The van der Waals surface area contributed by atoms with Gasteiger partial charge in [-0.2, -0.15) is 4.31 Å². The first-order valence-electron chi connectivity index (χ1n) is 10.0. The Hall–Kier alpha value is -1.44. The van der Waals surface area contributed by atoms with Gasteiger partial charge in [0.2, 0.25) is 10.0 Å². The lowest BCUT2D eigenvalue weighted by molar-refractivity contribution is -0.897. The lowest BCUT2D eigenvalue weighted by Gasteiger charge is -2.33. The standard InChI is InChI=1S/C20H31N3O3S/c1-16(2)20-22(19(24)15-21-11-5-4-6-12-21)13-14-23(20)27(25,26)18-9-7-17(3)8-10-18/h7-10,16,20H,4-6,11-15H2,1-3H3/p+1/t20-/m1/s1. The van der Waals surface area contributed by atoms with Crippen molar-refractivity contribution in [2.24, 2.45) is 5.92 Å². The third-order valence-electron chi connectivity index (χ3n) is 5.68. The Bertz CT molecular complexity index is 755. The van der Waals surface area contributed by atoms with Crippen LogP contribution in [-0.2, 0) is 14.8 Å². The molecule has 3 rings (SSSR count). The van der Waals surface area contributed by atoms with Gasteiger partial charge >= 0.3 is 0 Å². The van der Waals surface area contributed by atoms with Crippen LogP contribution in [0.5, 0.6) is 0 Å². The van der Waals surface area contributed by atoms with E-state index < -0.39 is 16.2 Å². The number of aryl methyl sites for hydroxylation is 1. The van der Waals surface area contributed by atoms with Crippen molar-refractivity contribution < 1.29 is 18.1 Å². The predicted molar refractivity (Wildman–Crippen MR) is 105 cm³/mol. The van der Waals surface area contributed by atoms with E-state index in [1.54, 1.807) is 17.0 Å². The molecule has 0 radical (unpaired) electrons. The summed E-state index contributed by atoms with van der Waals surface area (Å²) in [4.78, 5) is 16.4. The molecule has 27 heavy (non-hydrogen) atoms. The van der Waals surface area contributed by atoms with Gasteiger partial charge in [0, 0.05) is 13.1 Å². The maximum Gasteiger partial charge on any atom is 0.279 e. The minimum Gasteiger partial charge on any atom is -0.327 e. The molecule has 2 heterocycles. The number of nitrogens with zero attached hydrogens (tertiary/aromatic N) is 2. The van der Waals surface area contributed by atoms with Gasteiger partial charge < -0.3 is 9.80 Å². The highest BCUT2D eigenvalue weighted by Gasteiger charge is 2.44. The van der Waals surface area contributed by atoms with Crippen LogP contribution in [0, 0.1) is 12.8 Å². The summed E-state index contributed by atoms with van der Waals surface area (Å²) >= 11 is 0. The van der Waals surface area contributed by atoms with Crippen molar-refractivity contribution in [3.05, 3.63) is 29.8 Å². The molecule has 7 heteroatoms. The summed E-state index contributed by atoms with van der Waals surface area (Å²) in [6.07, 6.45) is 3.18. The smallest absolute Gasteiger partial charge is 0.279 e. The molecule has 2 aliphatic heterocycles. The fourth-order valence-corrected chi connectivity index (χ4v) is 5.96. The van der Waals surface area contributed by atoms with Gasteiger partial charge in [-0.3, -0.25) is 4.79 Å². The minimum absolute atomic E-state index is 0.0352. The number of hydrogen-bond acceptors (Lipinski definition) is 3. The molecular weight excluding hydrogens is 362 g/mol. The van der Waals surface area contributed by atoms with Crippen LogP contribution in [0.15, 0.2) is 29.2 Å². The average Bonchev–Trinajstić information content (AvgIpc) is 3.09. The number of quaternary nitrogens is 1. The molecule has 0 bridgehead atoms. The average molecular weight is 395 g/mol. The van der Waals surface area contributed by atoms with Gasteiger partial charge in [-0.15, -0.1) is 0 Å². The van der Waals surface area contributed by atoms with Crippen molar-refractivity contribution in [1.29, 1.82) is 0 Å². The summed E-state index contributed by atoms with van der Waals surface area (Å²) in [5, 5.41) is 0. The molecule has 150 valence electrons. The maximum absolute atomic E-state index is 13.2. The topological polar surface area (TPSA) is 62.1 Å². The highest BCUT2D eigenvalue weighted by molar-refractivity contribution is 7.89. The van der Waals surface area contributed by atoms with Crippen molar-refractivity contribution in [2.75, 3.05) is 32.7 Å². The molecular formula is C20H32N3O3S+. The van der Waals surface area contributed by atoms with Crippen molar-refractivity contribution >= 4 is 15.9 Å². The molecule has 2 aliphatic rings. The first-order chi connectivity index (χ1) is 12.8. The van der Waals surface area contributed by atoms with E-state index in [0.29, 0.717) is 24.5 Å². The van der Waals surface area contributed by atoms with E-state index in [0.717, 1.165) is 18.7 Å². The van der Waals surface area contributed by atoms with Crippen molar-refractivity contribution in [2.45, 2.75) is 51.1 Å². The normalized spacial score (nSPS) is 22.5. The Morgan fingerprint density at radius 1 is 1.11 bits per heavy atom. The summed E-state index contributed by atoms with van der Waals surface area (Å²) in [5.41, 5.74) is 1.03. The van der Waals surface area contributed by atoms with Crippen LogP contribution in [0.2, 0.25) is 0 Å². The van der Waals surface area contributed by atoms with E-state index in [2.05, 4.69) is 0 Å². The molecule has 0 aliphatic carbocycles. The van der Waals surface area contributed by atoms with Crippen molar-refractivity contribution in [3.63, 3.8) is 0 Å². The Labute approximate surface area is 163 Å². The van der Waals surface area contributed by atoms with E-state index in [1.807, 2.05) is 32.9 Å². The number of amides is 1. The number of sulfonamides is 1. The Balaban J connectivity index is 1.79. The fourth-order valence-electron chi connectivity index (χ4n) is 4.24. The van der Waals surface area contributed by atoms with Crippen LogP contribution in [0.25, 0.3) is 0 Å². The Morgan fingerprint density at radius 3 is 2.33 bits per heavy atom. The third-order valence-corrected chi connectivity index (χ3v) is 7.57. The number of hydrogen-bond donors (Lipinski definition) is 1. The summed E-state index contributed by atoms with van der Waals surface area (Å²) < 4.78 is 27.9. The van der Waals surface area contributed by atoms with Gasteiger partial charge in [-0.25, -0.2) is 8.42 Å². The zero-order valence-corrected chi connectivity index (χ0v) is 17.5. The second kappa shape index (κ2) is 8.29. The number of rotatable bonds is 5. The first kappa shape index (κ1) is 20.3. The van der Waals surface area contributed by atoms with Crippen LogP contribution >= 0.6 is 0 Å². The quantitative estimate of drug-likeness (QED) is 0.806. The van der Waals surface area contributed by atoms with Crippen LogP contribution < -0.4 is 4.90 Å². The number of benzene rings is 1. The lowest BCUT2D eigenvalue weighted by atomic mass is 10.1. The number of piperidine rings is 1. The second-order valence-corrected chi connectivity index (χ2v) is 10.1. The largest absolute Gasteiger partial charge is 0.327 e. The molecule has 0 unspecified atom stereocenters. The molecule has 6 nitrogen and oxygen atoms in total. The first-order valence-corrected chi connectivity index (χ1v) is 11.5. The number of carbonyl (C=O) groups is 1. The van der Waals surface area contributed by atoms with Crippen molar-refractivity contribution in [3.8, 4) is 0 Å². The second-order valence-electron chi connectivity index (χ2n) is 8.16. The van der Waals surface area contributed by atoms with Gasteiger partial charge in [0.25, 0.3) is 5.91 Å². The molecule has 1 atom stereocenters. The number of likely N-dealkylation sites (tertiary alicyclic amines) is 1. The number of carbonyl (C=O) groups excluding carboxylic acids is 1. The minimum atomic E-state index is -3.62. The van der Waals surface area contributed by atoms with E-state index in [4.69, 9.17) is 0 Å². The molecule has 0 saturated carbocycles. The van der Waals surface area contributed by atoms with Crippen LogP contribution in [-0.4, -0.2) is 62.4 Å². The van der Waals surface area contributed by atoms with Gasteiger partial charge in [0.1, 0.15) is 6.17 Å². The predicted octanol–water partition coefficient (Wildman–Crippen LogP) is 0.879. The molecule has 2 saturated heterocycles. The van der Waals surface area contributed by atoms with Gasteiger partial charge in [-0.1, -0.05) is 31.5 Å². The molecule has 1 aromatic rings. The highest BCUT2D eigenvalue weighted by Crippen LogP contribution is 2.28. The van der Waals surface area contributed by atoms with Crippen molar-refractivity contribution in [1.82, 2.24) is 9.21 Å². The Kier molecular flexibility index (Phi) is 6.23. The molecule has 1 aromatic carbocycles. The fraction of sp³-hybridized carbons (Fsp3) is 0.650.